The molecular formula is C26H40N2. The Bertz CT molecular complexity index is 764. The van der Waals surface area contributed by atoms with Crippen LogP contribution in [0, 0.1) is 29.1 Å². The van der Waals surface area contributed by atoms with Crippen molar-refractivity contribution >= 4 is 0 Å². The van der Waals surface area contributed by atoms with Crippen LogP contribution in [0.15, 0.2) is 64.2 Å². The summed E-state index contributed by atoms with van der Waals surface area (Å²) in [6, 6.07) is 0. The summed E-state index contributed by atoms with van der Waals surface area (Å²) in [6.07, 6.45) is 12.1. The molecule has 2 atom stereocenters. The number of nitrogens with one attached hydrogen (secondary N) is 1. The maximum Gasteiger partial charge on any atom is 0.0421 e. The van der Waals surface area contributed by atoms with E-state index >= 15 is 0 Å². The van der Waals surface area contributed by atoms with E-state index in [1.807, 2.05) is 0 Å². The first-order valence-electron chi connectivity index (χ1n) is 10.8. The molecule has 3 N–H and O–H groups in total. The van der Waals surface area contributed by atoms with Crippen LogP contribution in [0.5, 0.6) is 0 Å². The van der Waals surface area contributed by atoms with E-state index in [2.05, 4.69) is 96.8 Å². The summed E-state index contributed by atoms with van der Waals surface area (Å²) in [5.41, 5.74) is 16.2. The molecule has 0 amide bonds. The van der Waals surface area contributed by atoms with Crippen molar-refractivity contribution in [3.63, 3.8) is 0 Å². The maximum atomic E-state index is 6.34. The van der Waals surface area contributed by atoms with Gasteiger partial charge in [-0.1, -0.05) is 67.0 Å². The lowest BCUT2D eigenvalue weighted by Crippen LogP contribution is -2.34. The molecule has 0 saturated heterocycles. The minimum absolute atomic E-state index is 0.0578. The fourth-order valence-corrected chi connectivity index (χ4v) is 3.66. The average molecular weight is 381 g/mol. The van der Waals surface area contributed by atoms with Crippen molar-refractivity contribution in [1.82, 2.24) is 5.32 Å². The summed E-state index contributed by atoms with van der Waals surface area (Å²) in [5.74, 6) is 1.96. The minimum Gasteiger partial charge on any atom is -0.402 e. The minimum atomic E-state index is 0.0578. The summed E-state index contributed by atoms with van der Waals surface area (Å²) < 4.78 is 0. The Hall–Kier alpha value is -1.92. The molecule has 0 aromatic heterocycles. The molecule has 0 aromatic rings. The fraction of sp³-hybridized carbons (Fsp3) is 0.577. The number of nitrogens with two attached hydrogens (primary N) is 1. The number of rotatable bonds is 7. The zero-order valence-electron chi connectivity index (χ0n) is 19.2. The molecule has 0 heterocycles. The number of hydrogen-bond acceptors (Lipinski definition) is 2. The average Bonchev–Trinajstić information content (AvgIpc) is 2.85. The highest BCUT2D eigenvalue weighted by Crippen LogP contribution is 2.43. The quantitative estimate of drug-likeness (QED) is 0.511. The van der Waals surface area contributed by atoms with Gasteiger partial charge in [-0.25, -0.2) is 0 Å². The monoisotopic (exact) mass is 380 g/mol. The van der Waals surface area contributed by atoms with Crippen LogP contribution in [0.25, 0.3) is 0 Å². The highest BCUT2D eigenvalue weighted by Gasteiger charge is 2.34. The Morgan fingerprint density at radius 3 is 2.29 bits per heavy atom. The second-order valence-corrected chi connectivity index (χ2v) is 9.69. The van der Waals surface area contributed by atoms with Gasteiger partial charge in [0.1, 0.15) is 0 Å². The van der Waals surface area contributed by atoms with Crippen molar-refractivity contribution in [2.24, 2.45) is 34.8 Å². The molecule has 0 fully saturated rings. The molecule has 2 nitrogen and oxygen atoms in total. The number of hydrogen-bond donors (Lipinski definition) is 2. The highest BCUT2D eigenvalue weighted by molar-refractivity contribution is 5.40. The van der Waals surface area contributed by atoms with Crippen LogP contribution >= 0.6 is 0 Å². The van der Waals surface area contributed by atoms with Crippen molar-refractivity contribution < 1.29 is 0 Å². The first kappa shape index (κ1) is 22.4. The van der Waals surface area contributed by atoms with E-state index in [-0.39, 0.29) is 5.41 Å². The Morgan fingerprint density at radius 1 is 1.04 bits per heavy atom. The van der Waals surface area contributed by atoms with Gasteiger partial charge in [-0.3, -0.25) is 0 Å². The van der Waals surface area contributed by atoms with Gasteiger partial charge in [0.05, 0.1) is 0 Å². The van der Waals surface area contributed by atoms with Crippen molar-refractivity contribution in [3.8, 4) is 0 Å². The van der Waals surface area contributed by atoms with Gasteiger partial charge in [-0.05, 0) is 59.5 Å². The molecular weight excluding hydrogens is 340 g/mol. The van der Waals surface area contributed by atoms with Crippen LogP contribution in [0.4, 0.5) is 0 Å². The maximum absolute atomic E-state index is 6.34. The predicted molar refractivity (Wildman–Crippen MR) is 123 cm³/mol. The van der Waals surface area contributed by atoms with Crippen LogP contribution in [-0.2, 0) is 0 Å². The Morgan fingerprint density at radius 2 is 1.71 bits per heavy atom. The van der Waals surface area contributed by atoms with E-state index in [0.29, 0.717) is 23.7 Å². The third-order valence-corrected chi connectivity index (χ3v) is 6.55. The summed E-state index contributed by atoms with van der Waals surface area (Å²) in [4.78, 5) is 0. The largest absolute Gasteiger partial charge is 0.402 e. The van der Waals surface area contributed by atoms with Gasteiger partial charge < -0.3 is 11.1 Å². The normalized spacial score (nSPS) is 23.8. The first-order chi connectivity index (χ1) is 13.0. The standard InChI is InChI=1S/C26H40N2/c1-17(2)21-9-11-24(14-23(13-21)18(3)4)28-16-20(7)22-10-12-25(27)26(8,15-22)19(5)6/h10-14,17-20,28H,15-16,27H2,1-8H3. The summed E-state index contributed by atoms with van der Waals surface area (Å²) >= 11 is 0. The van der Waals surface area contributed by atoms with Crippen molar-refractivity contribution in [2.75, 3.05) is 6.54 Å². The third kappa shape index (κ3) is 5.11. The van der Waals surface area contributed by atoms with Gasteiger partial charge >= 0.3 is 0 Å². The van der Waals surface area contributed by atoms with Gasteiger partial charge in [0, 0.05) is 29.4 Å². The van der Waals surface area contributed by atoms with E-state index in [1.165, 1.54) is 16.7 Å². The molecule has 2 aliphatic carbocycles. The second-order valence-electron chi connectivity index (χ2n) is 9.69. The van der Waals surface area contributed by atoms with Crippen LogP contribution in [-0.4, -0.2) is 6.54 Å². The molecule has 2 aliphatic rings. The SMILES string of the molecule is CC(C)C1=C=CC(NCC(C)C2=CC=C(N)C(C)(C(C)C)C2)=CC(C(C)C)=C1. The van der Waals surface area contributed by atoms with E-state index in [0.717, 1.165) is 24.4 Å². The third-order valence-electron chi connectivity index (χ3n) is 6.55. The molecule has 154 valence electrons. The lowest BCUT2D eigenvalue weighted by molar-refractivity contribution is 0.259. The Labute approximate surface area is 173 Å². The topological polar surface area (TPSA) is 38.0 Å². The smallest absolute Gasteiger partial charge is 0.0421 e. The molecule has 0 aromatic carbocycles. The van der Waals surface area contributed by atoms with E-state index < -0.39 is 0 Å². The Balaban J connectivity index is 2.13. The first-order valence-corrected chi connectivity index (χ1v) is 10.8. The highest BCUT2D eigenvalue weighted by atomic mass is 14.9. The molecule has 28 heavy (non-hydrogen) atoms. The van der Waals surface area contributed by atoms with Crippen LogP contribution in [0.3, 0.4) is 0 Å². The van der Waals surface area contributed by atoms with Gasteiger partial charge in [-0.2, -0.15) is 0 Å². The van der Waals surface area contributed by atoms with Gasteiger partial charge in [0.25, 0.3) is 0 Å². The van der Waals surface area contributed by atoms with Crippen LogP contribution in [0.2, 0.25) is 0 Å². The number of allylic oxidation sites excluding steroid dienone is 7. The van der Waals surface area contributed by atoms with Gasteiger partial charge in [0.15, 0.2) is 0 Å². The molecule has 0 aliphatic heterocycles. The lowest BCUT2D eigenvalue weighted by atomic mass is 9.68. The molecule has 0 saturated carbocycles. The molecule has 0 spiro atoms. The van der Waals surface area contributed by atoms with Gasteiger partial charge in [-0.15, -0.1) is 5.73 Å². The molecule has 0 radical (unpaired) electrons. The van der Waals surface area contributed by atoms with Crippen molar-refractivity contribution in [1.29, 1.82) is 0 Å². The lowest BCUT2D eigenvalue weighted by Gasteiger charge is -2.39. The summed E-state index contributed by atoms with van der Waals surface area (Å²) in [7, 11) is 0. The van der Waals surface area contributed by atoms with Gasteiger partial charge in [0.2, 0.25) is 0 Å². The zero-order valence-corrected chi connectivity index (χ0v) is 19.2. The zero-order chi connectivity index (χ0) is 21.1. The molecule has 2 unspecified atom stereocenters. The van der Waals surface area contributed by atoms with E-state index in [1.54, 1.807) is 0 Å². The molecule has 2 rings (SSSR count). The second kappa shape index (κ2) is 9.05. The summed E-state index contributed by atoms with van der Waals surface area (Å²) in [5, 5.41) is 3.67. The molecule has 2 heteroatoms. The summed E-state index contributed by atoms with van der Waals surface area (Å²) in [6.45, 7) is 19.0. The van der Waals surface area contributed by atoms with Crippen molar-refractivity contribution in [2.45, 2.75) is 61.8 Å². The Kier molecular flexibility index (Phi) is 7.23. The van der Waals surface area contributed by atoms with Crippen molar-refractivity contribution in [3.05, 3.63) is 64.2 Å². The predicted octanol–water partition coefficient (Wildman–Crippen LogP) is 6.26. The fourth-order valence-electron chi connectivity index (χ4n) is 3.66. The van der Waals surface area contributed by atoms with E-state index in [9.17, 15) is 0 Å². The van der Waals surface area contributed by atoms with Crippen LogP contribution < -0.4 is 11.1 Å². The van der Waals surface area contributed by atoms with Crippen LogP contribution in [0.1, 0.15) is 61.8 Å². The molecule has 0 bridgehead atoms. The van der Waals surface area contributed by atoms with E-state index in [4.69, 9.17) is 5.73 Å².